The van der Waals surface area contributed by atoms with Crippen LogP contribution < -0.4 is 0 Å². The number of hydrogen-bond donors (Lipinski definition) is 2. The van der Waals surface area contributed by atoms with E-state index < -0.39 is 6.09 Å². The van der Waals surface area contributed by atoms with Gasteiger partial charge in [0.2, 0.25) is 0 Å². The van der Waals surface area contributed by atoms with Crippen molar-refractivity contribution in [1.29, 1.82) is 0 Å². The SMILES string of the molecule is O=C(O)N1CCC2(CCCN2Cc2cccc(O)c2)CC1. The maximum atomic E-state index is 11.1. The molecular formula is C16H22N2O3. The topological polar surface area (TPSA) is 64.0 Å². The van der Waals surface area contributed by atoms with Crippen LogP contribution in [0.2, 0.25) is 0 Å². The molecule has 2 aliphatic rings. The molecule has 114 valence electrons. The van der Waals surface area contributed by atoms with Crippen molar-refractivity contribution in [2.24, 2.45) is 0 Å². The first kappa shape index (κ1) is 14.2. The van der Waals surface area contributed by atoms with Gasteiger partial charge in [0.05, 0.1) is 0 Å². The lowest BCUT2D eigenvalue weighted by atomic mass is 9.85. The van der Waals surface area contributed by atoms with Crippen molar-refractivity contribution in [1.82, 2.24) is 9.80 Å². The summed E-state index contributed by atoms with van der Waals surface area (Å²) in [7, 11) is 0. The van der Waals surface area contributed by atoms with Crippen LogP contribution in [-0.4, -0.2) is 51.3 Å². The highest BCUT2D eigenvalue weighted by atomic mass is 16.4. The summed E-state index contributed by atoms with van der Waals surface area (Å²) in [6, 6.07) is 7.42. The molecule has 5 heteroatoms. The molecule has 0 saturated carbocycles. The average molecular weight is 290 g/mol. The molecule has 0 atom stereocenters. The summed E-state index contributed by atoms with van der Waals surface area (Å²) in [5, 5.41) is 18.7. The second-order valence-corrected chi connectivity index (χ2v) is 6.19. The van der Waals surface area contributed by atoms with Gasteiger partial charge in [-0.15, -0.1) is 0 Å². The van der Waals surface area contributed by atoms with Gasteiger partial charge in [-0.2, -0.15) is 0 Å². The highest BCUT2D eigenvalue weighted by molar-refractivity contribution is 5.65. The Morgan fingerprint density at radius 2 is 1.95 bits per heavy atom. The van der Waals surface area contributed by atoms with Crippen molar-refractivity contribution >= 4 is 6.09 Å². The predicted octanol–water partition coefficient (Wildman–Crippen LogP) is 2.50. The van der Waals surface area contributed by atoms with Gasteiger partial charge in [-0.1, -0.05) is 12.1 Å². The number of phenols is 1. The van der Waals surface area contributed by atoms with Crippen LogP contribution in [0.1, 0.15) is 31.2 Å². The van der Waals surface area contributed by atoms with E-state index in [-0.39, 0.29) is 5.54 Å². The van der Waals surface area contributed by atoms with Crippen molar-refractivity contribution in [3.05, 3.63) is 29.8 Å². The van der Waals surface area contributed by atoms with Crippen LogP contribution in [0.15, 0.2) is 24.3 Å². The van der Waals surface area contributed by atoms with Crippen molar-refractivity contribution in [2.45, 2.75) is 37.8 Å². The van der Waals surface area contributed by atoms with Crippen LogP contribution >= 0.6 is 0 Å². The average Bonchev–Trinajstić information content (AvgIpc) is 2.82. The molecule has 1 aromatic rings. The molecule has 1 spiro atoms. The number of carbonyl (C=O) groups is 1. The Labute approximate surface area is 124 Å². The lowest BCUT2D eigenvalue weighted by molar-refractivity contribution is 0.0479. The van der Waals surface area contributed by atoms with E-state index in [0.29, 0.717) is 18.8 Å². The monoisotopic (exact) mass is 290 g/mol. The van der Waals surface area contributed by atoms with Gasteiger partial charge in [0.1, 0.15) is 5.75 Å². The fourth-order valence-electron chi connectivity index (χ4n) is 3.80. The van der Waals surface area contributed by atoms with Gasteiger partial charge in [0, 0.05) is 25.2 Å². The smallest absolute Gasteiger partial charge is 0.407 e. The zero-order valence-corrected chi connectivity index (χ0v) is 12.2. The van der Waals surface area contributed by atoms with Crippen LogP contribution in [0.5, 0.6) is 5.75 Å². The lowest BCUT2D eigenvalue weighted by Crippen LogP contribution is -2.52. The Balaban J connectivity index is 1.70. The molecule has 2 fully saturated rings. The summed E-state index contributed by atoms with van der Waals surface area (Å²) >= 11 is 0. The van der Waals surface area contributed by atoms with Crippen LogP contribution in [0, 0.1) is 0 Å². The Hall–Kier alpha value is -1.75. The third-order valence-electron chi connectivity index (χ3n) is 4.99. The van der Waals surface area contributed by atoms with E-state index in [2.05, 4.69) is 4.90 Å². The van der Waals surface area contributed by atoms with Crippen molar-refractivity contribution < 1.29 is 15.0 Å². The third-order valence-corrected chi connectivity index (χ3v) is 4.99. The summed E-state index contributed by atoms with van der Waals surface area (Å²) in [5.74, 6) is 0.307. The first-order valence-corrected chi connectivity index (χ1v) is 7.60. The number of likely N-dealkylation sites (tertiary alicyclic amines) is 2. The van der Waals surface area contributed by atoms with Crippen LogP contribution in [0.4, 0.5) is 4.79 Å². The van der Waals surface area contributed by atoms with Crippen molar-refractivity contribution in [3.8, 4) is 5.75 Å². The molecule has 1 aromatic carbocycles. The molecule has 2 aliphatic heterocycles. The Bertz CT molecular complexity index is 524. The van der Waals surface area contributed by atoms with E-state index in [9.17, 15) is 9.90 Å². The van der Waals surface area contributed by atoms with E-state index in [4.69, 9.17) is 5.11 Å². The number of benzene rings is 1. The van der Waals surface area contributed by atoms with Crippen molar-refractivity contribution in [2.75, 3.05) is 19.6 Å². The summed E-state index contributed by atoms with van der Waals surface area (Å²) in [4.78, 5) is 15.1. The van der Waals surface area contributed by atoms with Crippen LogP contribution in [0.25, 0.3) is 0 Å². The minimum atomic E-state index is -0.803. The minimum Gasteiger partial charge on any atom is -0.508 e. The van der Waals surface area contributed by atoms with E-state index in [1.54, 1.807) is 6.07 Å². The summed E-state index contributed by atoms with van der Waals surface area (Å²) in [6.07, 6.45) is 3.35. The van der Waals surface area contributed by atoms with Gasteiger partial charge in [0.15, 0.2) is 0 Å². The van der Waals surface area contributed by atoms with Gasteiger partial charge in [-0.05, 0) is 49.9 Å². The molecule has 2 saturated heterocycles. The standard InChI is InChI=1S/C16H22N2O3/c19-14-4-1-3-13(11-14)12-18-8-2-5-16(18)6-9-17(10-7-16)15(20)21/h1,3-4,11,19H,2,5-10,12H2,(H,20,21). The number of piperidine rings is 1. The van der Waals surface area contributed by atoms with Crippen molar-refractivity contribution in [3.63, 3.8) is 0 Å². The minimum absolute atomic E-state index is 0.150. The van der Waals surface area contributed by atoms with Gasteiger partial charge in [-0.3, -0.25) is 4.90 Å². The second kappa shape index (κ2) is 5.56. The predicted molar refractivity (Wildman–Crippen MR) is 79.3 cm³/mol. The number of rotatable bonds is 2. The Morgan fingerprint density at radius 3 is 2.62 bits per heavy atom. The zero-order valence-electron chi connectivity index (χ0n) is 12.2. The summed E-state index contributed by atoms with van der Waals surface area (Å²) < 4.78 is 0. The second-order valence-electron chi connectivity index (χ2n) is 6.19. The van der Waals surface area contributed by atoms with Gasteiger partial charge >= 0.3 is 6.09 Å². The zero-order chi connectivity index (χ0) is 14.9. The molecule has 2 N–H and O–H groups in total. The summed E-state index contributed by atoms with van der Waals surface area (Å²) in [5.41, 5.74) is 1.27. The quantitative estimate of drug-likeness (QED) is 0.878. The number of carboxylic acid groups (broad SMARTS) is 1. The van der Waals surface area contributed by atoms with Crippen LogP contribution in [-0.2, 0) is 6.54 Å². The highest BCUT2D eigenvalue weighted by Gasteiger charge is 2.43. The summed E-state index contributed by atoms with van der Waals surface area (Å²) in [6.45, 7) is 3.15. The van der Waals surface area contributed by atoms with E-state index in [0.717, 1.165) is 37.9 Å². The molecule has 3 rings (SSSR count). The lowest BCUT2D eigenvalue weighted by Gasteiger charge is -2.44. The van der Waals surface area contributed by atoms with E-state index in [1.165, 1.54) is 11.3 Å². The number of phenolic OH excluding ortho intramolecular Hbond substituents is 1. The molecule has 0 radical (unpaired) electrons. The first-order chi connectivity index (χ1) is 10.1. The molecule has 0 unspecified atom stereocenters. The normalized spacial score (nSPS) is 21.8. The van der Waals surface area contributed by atoms with Gasteiger partial charge in [0.25, 0.3) is 0 Å². The molecule has 21 heavy (non-hydrogen) atoms. The number of aromatic hydroxyl groups is 1. The fraction of sp³-hybridized carbons (Fsp3) is 0.562. The molecule has 2 heterocycles. The largest absolute Gasteiger partial charge is 0.508 e. The molecule has 0 aromatic heterocycles. The van der Waals surface area contributed by atoms with Gasteiger partial charge < -0.3 is 15.1 Å². The number of hydrogen-bond acceptors (Lipinski definition) is 3. The maximum Gasteiger partial charge on any atom is 0.407 e. The third kappa shape index (κ3) is 2.83. The highest BCUT2D eigenvalue weighted by Crippen LogP contribution is 2.39. The molecule has 0 aliphatic carbocycles. The molecule has 0 bridgehead atoms. The molecule has 5 nitrogen and oxygen atoms in total. The van der Waals surface area contributed by atoms with Gasteiger partial charge in [-0.25, -0.2) is 4.79 Å². The maximum absolute atomic E-state index is 11.1. The Morgan fingerprint density at radius 1 is 1.19 bits per heavy atom. The Kier molecular flexibility index (Phi) is 3.76. The fourth-order valence-corrected chi connectivity index (χ4v) is 3.80. The molecular weight excluding hydrogens is 268 g/mol. The number of nitrogens with zero attached hydrogens (tertiary/aromatic N) is 2. The van der Waals surface area contributed by atoms with E-state index >= 15 is 0 Å². The van der Waals surface area contributed by atoms with Crippen LogP contribution in [0.3, 0.4) is 0 Å². The first-order valence-electron chi connectivity index (χ1n) is 7.60. The van der Waals surface area contributed by atoms with E-state index in [1.807, 2.05) is 18.2 Å². The molecule has 1 amide bonds. The number of amides is 1.